The highest BCUT2D eigenvalue weighted by molar-refractivity contribution is 5.81. The van der Waals surface area contributed by atoms with E-state index in [4.69, 9.17) is 0 Å². The van der Waals surface area contributed by atoms with Gasteiger partial charge in [-0.3, -0.25) is 10.2 Å². The van der Waals surface area contributed by atoms with Crippen molar-refractivity contribution in [2.45, 2.75) is 38.3 Å². The Morgan fingerprint density at radius 1 is 1.45 bits per heavy atom. The van der Waals surface area contributed by atoms with Crippen LogP contribution in [0.2, 0.25) is 0 Å². The van der Waals surface area contributed by atoms with E-state index in [1.54, 1.807) is 0 Å². The van der Waals surface area contributed by atoms with Gasteiger partial charge in [-0.15, -0.1) is 0 Å². The first kappa shape index (κ1) is 15.0. The second-order valence-electron chi connectivity index (χ2n) is 5.57. The van der Waals surface area contributed by atoms with Gasteiger partial charge in [0, 0.05) is 12.6 Å². The standard InChI is InChI=1S/C16H24N2O2/c1-3-17-16(15(19)20,14-9-5-4-6-10-14)12-18-11-7-8-13(18)2/h4-6,9-10,13,17H,3,7-8,11-12H2,1-2H3,(H,19,20). The van der Waals surface area contributed by atoms with Gasteiger partial charge in [-0.05, 0) is 38.4 Å². The molecule has 2 N–H and O–H groups in total. The summed E-state index contributed by atoms with van der Waals surface area (Å²) in [4.78, 5) is 14.3. The van der Waals surface area contributed by atoms with Crippen molar-refractivity contribution in [1.82, 2.24) is 10.2 Å². The number of benzene rings is 1. The van der Waals surface area contributed by atoms with Crippen molar-refractivity contribution >= 4 is 5.97 Å². The fraction of sp³-hybridized carbons (Fsp3) is 0.562. The summed E-state index contributed by atoms with van der Waals surface area (Å²) in [6, 6.07) is 9.97. The van der Waals surface area contributed by atoms with Gasteiger partial charge in [0.05, 0.1) is 0 Å². The van der Waals surface area contributed by atoms with Gasteiger partial charge in [-0.1, -0.05) is 37.3 Å². The first-order chi connectivity index (χ1) is 9.60. The number of hydrogen-bond donors (Lipinski definition) is 2. The second-order valence-corrected chi connectivity index (χ2v) is 5.57. The molecule has 4 nitrogen and oxygen atoms in total. The molecule has 1 aliphatic heterocycles. The third-order valence-corrected chi connectivity index (χ3v) is 4.24. The summed E-state index contributed by atoms with van der Waals surface area (Å²) in [6.45, 7) is 6.25. The minimum absolute atomic E-state index is 0.455. The van der Waals surface area contributed by atoms with Crippen LogP contribution in [-0.4, -0.2) is 41.7 Å². The molecule has 0 amide bonds. The maximum absolute atomic E-state index is 12.0. The number of likely N-dealkylation sites (tertiary alicyclic amines) is 1. The molecule has 1 fully saturated rings. The van der Waals surface area contributed by atoms with Gasteiger partial charge in [0.15, 0.2) is 5.54 Å². The summed E-state index contributed by atoms with van der Waals surface area (Å²) in [7, 11) is 0. The number of carboxylic acid groups (broad SMARTS) is 1. The molecule has 1 saturated heterocycles. The Kier molecular flexibility index (Phi) is 4.78. The van der Waals surface area contributed by atoms with Crippen LogP contribution in [-0.2, 0) is 10.3 Å². The molecule has 0 saturated carbocycles. The third-order valence-electron chi connectivity index (χ3n) is 4.24. The van der Waals surface area contributed by atoms with E-state index in [2.05, 4.69) is 17.1 Å². The maximum atomic E-state index is 12.0. The largest absolute Gasteiger partial charge is 0.480 e. The highest BCUT2D eigenvalue weighted by atomic mass is 16.4. The van der Waals surface area contributed by atoms with E-state index in [0.29, 0.717) is 19.1 Å². The average molecular weight is 276 g/mol. The zero-order valence-corrected chi connectivity index (χ0v) is 12.3. The summed E-state index contributed by atoms with van der Waals surface area (Å²) < 4.78 is 0. The minimum atomic E-state index is -1.02. The fourth-order valence-corrected chi connectivity index (χ4v) is 3.07. The molecule has 0 aliphatic carbocycles. The van der Waals surface area contributed by atoms with E-state index in [0.717, 1.165) is 24.9 Å². The van der Waals surface area contributed by atoms with Gasteiger partial charge in [-0.2, -0.15) is 0 Å². The van der Waals surface area contributed by atoms with Crippen LogP contribution in [0.25, 0.3) is 0 Å². The molecule has 2 unspecified atom stereocenters. The summed E-state index contributed by atoms with van der Waals surface area (Å²) in [5.74, 6) is -0.801. The zero-order chi connectivity index (χ0) is 14.6. The van der Waals surface area contributed by atoms with Crippen molar-refractivity contribution in [3.05, 3.63) is 35.9 Å². The Balaban J connectivity index is 2.34. The van der Waals surface area contributed by atoms with Gasteiger partial charge in [0.1, 0.15) is 0 Å². The van der Waals surface area contributed by atoms with Crippen molar-refractivity contribution in [3.63, 3.8) is 0 Å². The zero-order valence-electron chi connectivity index (χ0n) is 12.3. The van der Waals surface area contributed by atoms with Crippen LogP contribution >= 0.6 is 0 Å². The Hall–Kier alpha value is -1.39. The third kappa shape index (κ3) is 2.86. The molecule has 0 spiro atoms. The number of carbonyl (C=O) groups is 1. The minimum Gasteiger partial charge on any atom is -0.480 e. The van der Waals surface area contributed by atoms with E-state index in [9.17, 15) is 9.90 Å². The molecule has 1 aromatic rings. The number of rotatable bonds is 6. The van der Waals surface area contributed by atoms with Crippen molar-refractivity contribution in [1.29, 1.82) is 0 Å². The van der Waals surface area contributed by atoms with Gasteiger partial charge in [0.2, 0.25) is 0 Å². The number of nitrogens with zero attached hydrogens (tertiary/aromatic N) is 1. The van der Waals surface area contributed by atoms with E-state index < -0.39 is 11.5 Å². The first-order valence-corrected chi connectivity index (χ1v) is 7.38. The monoisotopic (exact) mass is 276 g/mol. The Labute approximate surface area is 120 Å². The molecule has 110 valence electrons. The molecule has 4 heteroatoms. The van der Waals surface area contributed by atoms with Crippen LogP contribution in [0.1, 0.15) is 32.3 Å². The second kappa shape index (κ2) is 6.37. The van der Waals surface area contributed by atoms with Crippen molar-refractivity contribution < 1.29 is 9.90 Å². The predicted octanol–water partition coefficient (Wildman–Crippen LogP) is 2.06. The molecule has 0 radical (unpaired) electrons. The lowest BCUT2D eigenvalue weighted by molar-refractivity contribution is -0.146. The van der Waals surface area contributed by atoms with E-state index >= 15 is 0 Å². The van der Waals surface area contributed by atoms with Gasteiger partial charge >= 0.3 is 5.97 Å². The van der Waals surface area contributed by atoms with Crippen LogP contribution in [0.4, 0.5) is 0 Å². The number of hydrogen-bond acceptors (Lipinski definition) is 3. The van der Waals surface area contributed by atoms with Crippen LogP contribution in [0.5, 0.6) is 0 Å². The molecule has 0 aromatic heterocycles. The number of carboxylic acids is 1. The van der Waals surface area contributed by atoms with Gasteiger partial charge in [0.25, 0.3) is 0 Å². The Morgan fingerprint density at radius 3 is 2.65 bits per heavy atom. The lowest BCUT2D eigenvalue weighted by Gasteiger charge is -2.36. The summed E-state index contributed by atoms with van der Waals surface area (Å²) in [5, 5.41) is 13.1. The molecular weight excluding hydrogens is 252 g/mol. The Morgan fingerprint density at radius 2 is 2.15 bits per heavy atom. The smallest absolute Gasteiger partial charge is 0.329 e. The number of likely N-dealkylation sites (N-methyl/N-ethyl adjacent to an activating group) is 1. The predicted molar refractivity (Wildman–Crippen MR) is 79.7 cm³/mol. The van der Waals surface area contributed by atoms with Crippen LogP contribution < -0.4 is 5.32 Å². The van der Waals surface area contributed by atoms with Crippen LogP contribution in [0.15, 0.2) is 30.3 Å². The molecule has 0 bridgehead atoms. The fourth-order valence-electron chi connectivity index (χ4n) is 3.07. The SMILES string of the molecule is CCNC(CN1CCCC1C)(C(=O)O)c1ccccc1. The van der Waals surface area contributed by atoms with E-state index in [1.807, 2.05) is 37.3 Å². The van der Waals surface area contributed by atoms with E-state index in [1.165, 1.54) is 0 Å². The lowest BCUT2D eigenvalue weighted by Crippen LogP contribution is -2.56. The topological polar surface area (TPSA) is 52.6 Å². The lowest BCUT2D eigenvalue weighted by atomic mass is 9.88. The van der Waals surface area contributed by atoms with Crippen LogP contribution in [0, 0.1) is 0 Å². The maximum Gasteiger partial charge on any atom is 0.329 e. The first-order valence-electron chi connectivity index (χ1n) is 7.38. The number of aliphatic carboxylic acids is 1. The van der Waals surface area contributed by atoms with Gasteiger partial charge < -0.3 is 5.11 Å². The van der Waals surface area contributed by atoms with Crippen LogP contribution in [0.3, 0.4) is 0 Å². The van der Waals surface area contributed by atoms with Crippen molar-refractivity contribution in [2.24, 2.45) is 0 Å². The van der Waals surface area contributed by atoms with E-state index in [-0.39, 0.29) is 0 Å². The molecule has 1 aliphatic rings. The summed E-state index contributed by atoms with van der Waals surface area (Å²) in [6.07, 6.45) is 2.30. The highest BCUT2D eigenvalue weighted by Crippen LogP contribution is 2.27. The molecule has 1 aromatic carbocycles. The molecule has 1 heterocycles. The molecular formula is C16H24N2O2. The highest BCUT2D eigenvalue weighted by Gasteiger charge is 2.42. The normalized spacial score (nSPS) is 22.6. The number of nitrogens with one attached hydrogen (secondary N) is 1. The molecule has 2 atom stereocenters. The molecule has 20 heavy (non-hydrogen) atoms. The Bertz CT molecular complexity index is 449. The average Bonchev–Trinajstić information content (AvgIpc) is 2.84. The molecule has 2 rings (SSSR count). The van der Waals surface area contributed by atoms with Gasteiger partial charge in [-0.25, -0.2) is 4.79 Å². The van der Waals surface area contributed by atoms with Crippen molar-refractivity contribution in [2.75, 3.05) is 19.6 Å². The quantitative estimate of drug-likeness (QED) is 0.835. The van der Waals surface area contributed by atoms with Crippen molar-refractivity contribution in [3.8, 4) is 0 Å². The summed E-state index contributed by atoms with van der Waals surface area (Å²) >= 11 is 0. The summed E-state index contributed by atoms with van der Waals surface area (Å²) in [5.41, 5.74) is -0.192.